The molecule has 304 valence electrons. The average Bonchev–Trinajstić information content (AvgIpc) is 3.14. The summed E-state index contributed by atoms with van der Waals surface area (Å²) < 4.78 is 11.1. The summed E-state index contributed by atoms with van der Waals surface area (Å²) in [5.74, 6) is -0.633. The summed E-state index contributed by atoms with van der Waals surface area (Å²) >= 11 is 0. The van der Waals surface area contributed by atoms with Crippen molar-refractivity contribution in [1.82, 2.24) is 5.32 Å². The van der Waals surface area contributed by atoms with Crippen LogP contribution in [0.4, 0.5) is 0 Å². The van der Waals surface area contributed by atoms with Crippen molar-refractivity contribution in [1.29, 1.82) is 0 Å². The lowest BCUT2D eigenvalue weighted by atomic mass is 9.99. The van der Waals surface area contributed by atoms with Crippen molar-refractivity contribution in [3.05, 3.63) is 36.5 Å². The molecule has 0 aromatic rings. The van der Waals surface area contributed by atoms with Crippen molar-refractivity contribution in [2.45, 2.75) is 210 Å². The maximum atomic E-state index is 13.0. The van der Waals surface area contributed by atoms with Gasteiger partial charge in [0.15, 0.2) is 6.29 Å². The van der Waals surface area contributed by atoms with E-state index in [0.717, 1.165) is 44.9 Å². The van der Waals surface area contributed by atoms with Crippen molar-refractivity contribution >= 4 is 5.91 Å². The van der Waals surface area contributed by atoms with Crippen molar-refractivity contribution in [3.63, 3.8) is 0 Å². The van der Waals surface area contributed by atoms with Gasteiger partial charge in [-0.15, -0.1) is 0 Å². The van der Waals surface area contributed by atoms with Gasteiger partial charge in [0.05, 0.1) is 25.4 Å². The zero-order chi connectivity index (χ0) is 38.2. The summed E-state index contributed by atoms with van der Waals surface area (Å²) in [6.07, 6.45) is 28.0. The minimum absolute atomic E-state index is 0.302. The summed E-state index contributed by atoms with van der Waals surface area (Å²) in [7, 11) is 0. The minimum atomic E-state index is -1.62. The molecule has 0 aliphatic carbocycles. The van der Waals surface area contributed by atoms with Gasteiger partial charge in [-0.1, -0.05) is 153 Å². The maximum absolute atomic E-state index is 13.0. The number of ether oxygens (including phenoxy) is 2. The topological polar surface area (TPSA) is 169 Å². The van der Waals surface area contributed by atoms with Crippen LogP contribution in [0.1, 0.15) is 162 Å². The second kappa shape index (κ2) is 32.8. The predicted molar refractivity (Wildman–Crippen MR) is 209 cm³/mol. The highest BCUT2D eigenvalue weighted by Crippen LogP contribution is 2.22. The van der Waals surface area contributed by atoms with Crippen LogP contribution in [0, 0.1) is 0 Å². The SMILES string of the molecule is CCCCCC/C=C/CC/C=C/CC/C=C/C(O)C(COC1OC(CO)C(O)C(O)C1O)NC(=O)C(O)CCCCCCCCCCCCCCC. The number of aliphatic hydroxyl groups excluding tert-OH is 6. The van der Waals surface area contributed by atoms with E-state index in [-0.39, 0.29) is 6.61 Å². The predicted octanol–water partition coefficient (Wildman–Crippen LogP) is 6.69. The third kappa shape index (κ3) is 23.2. The van der Waals surface area contributed by atoms with Crippen LogP contribution in [0.15, 0.2) is 36.5 Å². The molecule has 0 bridgehead atoms. The Balaban J connectivity index is 2.53. The Morgan fingerprint density at radius 3 is 1.67 bits per heavy atom. The molecule has 10 nitrogen and oxygen atoms in total. The fraction of sp³-hybridized carbons (Fsp3) is 0.833. The number of nitrogens with one attached hydrogen (secondary N) is 1. The van der Waals surface area contributed by atoms with Crippen LogP contribution >= 0.6 is 0 Å². The van der Waals surface area contributed by atoms with Gasteiger partial charge in [-0.25, -0.2) is 0 Å². The monoisotopic (exact) mass is 740 g/mol. The van der Waals surface area contributed by atoms with Gasteiger partial charge in [-0.3, -0.25) is 4.79 Å². The van der Waals surface area contributed by atoms with Crippen LogP contribution < -0.4 is 5.32 Å². The van der Waals surface area contributed by atoms with Crippen LogP contribution in [0.3, 0.4) is 0 Å². The molecule has 1 heterocycles. The van der Waals surface area contributed by atoms with E-state index < -0.39 is 61.5 Å². The molecule has 0 radical (unpaired) electrons. The van der Waals surface area contributed by atoms with Gasteiger partial charge >= 0.3 is 0 Å². The van der Waals surface area contributed by atoms with E-state index in [1.807, 2.05) is 6.08 Å². The zero-order valence-corrected chi connectivity index (χ0v) is 32.7. The van der Waals surface area contributed by atoms with Crippen molar-refractivity contribution in [2.24, 2.45) is 0 Å². The summed E-state index contributed by atoms with van der Waals surface area (Å²) in [6, 6.07) is -0.998. The quantitative estimate of drug-likeness (QED) is 0.0287. The molecule has 0 spiro atoms. The molecule has 8 atom stereocenters. The fourth-order valence-electron chi connectivity index (χ4n) is 6.31. The average molecular weight is 740 g/mol. The van der Waals surface area contributed by atoms with E-state index in [4.69, 9.17) is 9.47 Å². The highest BCUT2D eigenvalue weighted by atomic mass is 16.7. The number of amides is 1. The Bertz CT molecular complexity index is 927. The highest BCUT2D eigenvalue weighted by molar-refractivity contribution is 5.80. The van der Waals surface area contributed by atoms with Gasteiger partial charge < -0.3 is 45.4 Å². The lowest BCUT2D eigenvalue weighted by molar-refractivity contribution is -0.302. The smallest absolute Gasteiger partial charge is 0.249 e. The molecule has 1 rings (SSSR count). The number of unbranched alkanes of at least 4 members (excludes halogenated alkanes) is 18. The van der Waals surface area contributed by atoms with Crippen LogP contribution in [-0.2, 0) is 14.3 Å². The summed E-state index contributed by atoms with van der Waals surface area (Å²) in [5, 5.41) is 64.4. The minimum Gasteiger partial charge on any atom is -0.394 e. The standard InChI is InChI=1S/C42H77NO9/c1-3-5-7-9-11-13-15-17-19-20-22-24-26-28-30-35(45)34(33-51-42-40(49)39(48)38(47)37(32-44)52-42)43-41(50)36(46)31-29-27-25-23-21-18-16-14-12-10-8-6-4-2/h13,15,20,22,28,30,34-40,42,44-49H,3-12,14,16-19,21,23-27,29,31-33H2,1-2H3,(H,43,50)/b15-13+,22-20+,30-28+. The molecule has 10 heteroatoms. The van der Waals surface area contributed by atoms with Crippen molar-refractivity contribution in [3.8, 4) is 0 Å². The number of carbonyl (C=O) groups is 1. The fourth-order valence-corrected chi connectivity index (χ4v) is 6.31. The molecule has 1 fully saturated rings. The molecule has 52 heavy (non-hydrogen) atoms. The van der Waals surface area contributed by atoms with E-state index in [1.165, 1.54) is 83.5 Å². The first-order valence-corrected chi connectivity index (χ1v) is 20.8. The van der Waals surface area contributed by atoms with E-state index in [9.17, 15) is 35.4 Å². The molecule has 0 aromatic heterocycles. The molecule has 0 saturated carbocycles. The van der Waals surface area contributed by atoms with Crippen LogP contribution in [0.2, 0.25) is 0 Å². The Morgan fingerprint density at radius 1 is 0.654 bits per heavy atom. The first kappa shape index (κ1) is 48.4. The summed E-state index contributed by atoms with van der Waals surface area (Å²) in [5.41, 5.74) is 0. The van der Waals surface area contributed by atoms with E-state index in [0.29, 0.717) is 19.3 Å². The molecule has 1 amide bonds. The first-order valence-electron chi connectivity index (χ1n) is 20.8. The number of aliphatic hydroxyl groups is 6. The van der Waals surface area contributed by atoms with Crippen molar-refractivity contribution in [2.75, 3.05) is 13.2 Å². The van der Waals surface area contributed by atoms with Crippen LogP contribution in [0.5, 0.6) is 0 Å². The number of allylic oxidation sites excluding steroid dienone is 5. The lowest BCUT2D eigenvalue weighted by Crippen LogP contribution is -2.60. The third-order valence-corrected chi connectivity index (χ3v) is 9.80. The zero-order valence-electron chi connectivity index (χ0n) is 32.7. The van der Waals surface area contributed by atoms with Gasteiger partial charge in [0.25, 0.3) is 0 Å². The van der Waals surface area contributed by atoms with E-state index in [1.54, 1.807) is 6.08 Å². The molecular formula is C42H77NO9. The Morgan fingerprint density at radius 2 is 1.13 bits per heavy atom. The first-order chi connectivity index (χ1) is 25.3. The van der Waals surface area contributed by atoms with Crippen LogP contribution in [-0.4, -0.2) is 98.7 Å². The lowest BCUT2D eigenvalue weighted by Gasteiger charge is -2.40. The van der Waals surface area contributed by atoms with Gasteiger partial charge in [0, 0.05) is 0 Å². The summed E-state index contributed by atoms with van der Waals surface area (Å²) in [6.45, 7) is 3.53. The van der Waals surface area contributed by atoms with Gasteiger partial charge in [0.2, 0.25) is 5.91 Å². The second-order valence-electron chi connectivity index (χ2n) is 14.6. The van der Waals surface area contributed by atoms with Gasteiger partial charge in [-0.05, 0) is 44.9 Å². The normalized spacial score (nSPS) is 22.8. The van der Waals surface area contributed by atoms with Crippen molar-refractivity contribution < 1.29 is 44.9 Å². The number of hydrogen-bond acceptors (Lipinski definition) is 9. The number of carbonyl (C=O) groups excluding carboxylic acids is 1. The largest absolute Gasteiger partial charge is 0.394 e. The Kier molecular flexibility index (Phi) is 30.5. The Labute approximate surface area is 315 Å². The highest BCUT2D eigenvalue weighted by Gasteiger charge is 2.44. The Hall–Kier alpha value is -1.63. The van der Waals surface area contributed by atoms with E-state index in [2.05, 4.69) is 43.5 Å². The third-order valence-electron chi connectivity index (χ3n) is 9.80. The molecule has 0 aromatic carbocycles. The van der Waals surface area contributed by atoms with Gasteiger partial charge in [0.1, 0.15) is 30.5 Å². The molecule has 1 aliphatic rings. The molecule has 1 aliphatic heterocycles. The summed E-state index contributed by atoms with van der Waals surface area (Å²) in [4.78, 5) is 13.0. The van der Waals surface area contributed by atoms with Crippen LogP contribution in [0.25, 0.3) is 0 Å². The molecule has 1 saturated heterocycles. The molecule has 8 unspecified atom stereocenters. The maximum Gasteiger partial charge on any atom is 0.249 e. The number of hydrogen-bond donors (Lipinski definition) is 7. The molecular weight excluding hydrogens is 662 g/mol. The number of rotatable bonds is 33. The van der Waals surface area contributed by atoms with Gasteiger partial charge in [-0.2, -0.15) is 0 Å². The molecule has 7 N–H and O–H groups in total. The second-order valence-corrected chi connectivity index (χ2v) is 14.6. The van der Waals surface area contributed by atoms with E-state index >= 15 is 0 Å².